The molecule has 0 spiro atoms. The highest BCUT2D eigenvalue weighted by Gasteiger charge is 2.13. The van der Waals surface area contributed by atoms with Gasteiger partial charge in [0.25, 0.3) is 0 Å². The van der Waals surface area contributed by atoms with E-state index < -0.39 is 0 Å². The lowest BCUT2D eigenvalue weighted by Gasteiger charge is -2.19. The molecule has 0 radical (unpaired) electrons. The second-order valence-corrected chi connectivity index (χ2v) is 5.49. The molecular weight excluding hydrogens is 282 g/mol. The second kappa shape index (κ2) is 6.29. The van der Waals surface area contributed by atoms with Crippen molar-refractivity contribution in [3.8, 4) is 0 Å². The van der Waals surface area contributed by atoms with Crippen LogP contribution in [-0.4, -0.2) is 16.1 Å². The zero-order valence-electron chi connectivity index (χ0n) is 12.0. The Morgan fingerprint density at radius 3 is 2.86 bits per heavy atom. The molecule has 0 saturated carbocycles. The van der Waals surface area contributed by atoms with Gasteiger partial charge in [-0.1, -0.05) is 42.8 Å². The van der Waals surface area contributed by atoms with Crippen molar-refractivity contribution in [3.63, 3.8) is 0 Å². The number of nitrogens with zero attached hydrogens (tertiary/aromatic N) is 2. The standard InChI is InChI=1S/C17H18ClN3/c1-2-19-16(13-6-5-7-14(18)10-13)11-21-12-20-15-8-3-4-9-17(15)21/h3-10,12,16,19H,2,11H2,1H3. The van der Waals surface area contributed by atoms with E-state index in [9.17, 15) is 0 Å². The summed E-state index contributed by atoms with van der Waals surface area (Å²) < 4.78 is 2.18. The van der Waals surface area contributed by atoms with Crippen LogP contribution in [0.3, 0.4) is 0 Å². The van der Waals surface area contributed by atoms with Crippen LogP contribution < -0.4 is 5.32 Å². The molecule has 108 valence electrons. The van der Waals surface area contributed by atoms with Crippen molar-refractivity contribution in [1.29, 1.82) is 0 Å². The van der Waals surface area contributed by atoms with Crippen LogP contribution >= 0.6 is 11.6 Å². The molecule has 3 nitrogen and oxygen atoms in total. The van der Waals surface area contributed by atoms with Crippen molar-refractivity contribution in [2.45, 2.75) is 19.5 Å². The molecule has 1 heterocycles. The van der Waals surface area contributed by atoms with Gasteiger partial charge in [-0.2, -0.15) is 0 Å². The molecule has 1 unspecified atom stereocenters. The fourth-order valence-corrected chi connectivity index (χ4v) is 2.81. The van der Waals surface area contributed by atoms with Gasteiger partial charge in [-0.05, 0) is 36.4 Å². The summed E-state index contributed by atoms with van der Waals surface area (Å²) >= 11 is 6.12. The van der Waals surface area contributed by atoms with Crippen LogP contribution in [0, 0.1) is 0 Å². The normalized spacial score (nSPS) is 12.7. The van der Waals surface area contributed by atoms with E-state index in [4.69, 9.17) is 11.6 Å². The summed E-state index contributed by atoms with van der Waals surface area (Å²) in [5, 5.41) is 4.29. The molecule has 0 aliphatic heterocycles. The van der Waals surface area contributed by atoms with Crippen molar-refractivity contribution in [2.24, 2.45) is 0 Å². The zero-order chi connectivity index (χ0) is 14.7. The molecule has 21 heavy (non-hydrogen) atoms. The van der Waals surface area contributed by atoms with Crippen molar-refractivity contribution in [1.82, 2.24) is 14.9 Å². The van der Waals surface area contributed by atoms with Gasteiger partial charge in [0.1, 0.15) is 0 Å². The smallest absolute Gasteiger partial charge is 0.0958 e. The lowest BCUT2D eigenvalue weighted by atomic mass is 10.1. The van der Waals surface area contributed by atoms with Crippen molar-refractivity contribution in [2.75, 3.05) is 6.54 Å². The quantitative estimate of drug-likeness (QED) is 0.770. The van der Waals surface area contributed by atoms with Crippen molar-refractivity contribution >= 4 is 22.6 Å². The molecule has 1 aromatic heterocycles. The van der Waals surface area contributed by atoms with E-state index in [1.54, 1.807) is 0 Å². The highest BCUT2D eigenvalue weighted by atomic mass is 35.5. The Morgan fingerprint density at radius 2 is 2.05 bits per heavy atom. The highest BCUT2D eigenvalue weighted by molar-refractivity contribution is 6.30. The van der Waals surface area contributed by atoms with Gasteiger partial charge >= 0.3 is 0 Å². The molecule has 1 N–H and O–H groups in total. The predicted molar refractivity (Wildman–Crippen MR) is 87.6 cm³/mol. The maximum absolute atomic E-state index is 6.12. The van der Waals surface area contributed by atoms with Gasteiger partial charge in [0.05, 0.1) is 23.4 Å². The summed E-state index contributed by atoms with van der Waals surface area (Å²) in [6.07, 6.45) is 1.90. The predicted octanol–water partition coefficient (Wildman–Crippen LogP) is 4.04. The van der Waals surface area contributed by atoms with Crippen LogP contribution in [0.5, 0.6) is 0 Å². The Morgan fingerprint density at radius 1 is 1.19 bits per heavy atom. The first kappa shape index (κ1) is 14.1. The fourth-order valence-electron chi connectivity index (χ4n) is 2.61. The largest absolute Gasteiger partial charge is 0.329 e. The number of hydrogen-bond donors (Lipinski definition) is 1. The molecular formula is C17H18ClN3. The van der Waals surface area contributed by atoms with E-state index in [-0.39, 0.29) is 6.04 Å². The minimum atomic E-state index is 0.214. The van der Waals surface area contributed by atoms with E-state index in [1.807, 2.05) is 42.7 Å². The molecule has 4 heteroatoms. The third-order valence-electron chi connectivity index (χ3n) is 3.61. The van der Waals surface area contributed by atoms with Crippen molar-refractivity contribution in [3.05, 3.63) is 65.4 Å². The van der Waals surface area contributed by atoms with Crippen LogP contribution in [0.1, 0.15) is 18.5 Å². The van der Waals surface area contributed by atoms with Gasteiger partial charge in [0.2, 0.25) is 0 Å². The molecule has 0 saturated heterocycles. The summed E-state index contributed by atoms with van der Waals surface area (Å²) in [7, 11) is 0. The molecule has 2 aromatic carbocycles. The van der Waals surface area contributed by atoms with Crippen LogP contribution in [0.25, 0.3) is 11.0 Å². The SMILES string of the molecule is CCNC(Cn1cnc2ccccc21)c1cccc(Cl)c1. The molecule has 0 bridgehead atoms. The number of hydrogen-bond acceptors (Lipinski definition) is 2. The van der Waals surface area contributed by atoms with Crippen LogP contribution in [-0.2, 0) is 6.54 Å². The molecule has 0 aliphatic carbocycles. The number of aromatic nitrogens is 2. The molecule has 1 atom stereocenters. The van der Waals surface area contributed by atoms with E-state index in [0.29, 0.717) is 0 Å². The molecule has 0 aliphatic rings. The molecule has 0 amide bonds. The Kier molecular flexibility index (Phi) is 4.23. The number of fused-ring (bicyclic) bond motifs is 1. The Balaban J connectivity index is 1.92. The van der Waals surface area contributed by atoms with E-state index in [0.717, 1.165) is 29.1 Å². The van der Waals surface area contributed by atoms with Crippen LogP contribution in [0.4, 0.5) is 0 Å². The Hall–Kier alpha value is -1.84. The first-order chi connectivity index (χ1) is 10.3. The van der Waals surface area contributed by atoms with Crippen molar-refractivity contribution < 1.29 is 0 Å². The van der Waals surface area contributed by atoms with Gasteiger partial charge in [0.15, 0.2) is 0 Å². The number of nitrogens with one attached hydrogen (secondary N) is 1. The monoisotopic (exact) mass is 299 g/mol. The maximum Gasteiger partial charge on any atom is 0.0958 e. The number of imidazole rings is 1. The van der Waals surface area contributed by atoms with Gasteiger partial charge < -0.3 is 9.88 Å². The molecule has 0 fully saturated rings. The number of para-hydroxylation sites is 2. The fraction of sp³-hybridized carbons (Fsp3) is 0.235. The topological polar surface area (TPSA) is 29.9 Å². The number of rotatable bonds is 5. The van der Waals surface area contributed by atoms with Gasteiger partial charge in [0, 0.05) is 11.6 Å². The highest BCUT2D eigenvalue weighted by Crippen LogP contribution is 2.21. The lowest BCUT2D eigenvalue weighted by Crippen LogP contribution is -2.25. The van der Waals surface area contributed by atoms with E-state index in [1.165, 1.54) is 5.56 Å². The second-order valence-electron chi connectivity index (χ2n) is 5.05. The van der Waals surface area contributed by atoms with Crippen LogP contribution in [0.15, 0.2) is 54.9 Å². The summed E-state index contributed by atoms with van der Waals surface area (Å²) in [6, 6.07) is 16.4. The number of halogens is 1. The van der Waals surface area contributed by atoms with Gasteiger partial charge in [-0.3, -0.25) is 0 Å². The first-order valence-corrected chi connectivity index (χ1v) is 7.54. The Bertz CT molecular complexity index is 735. The van der Waals surface area contributed by atoms with E-state index >= 15 is 0 Å². The van der Waals surface area contributed by atoms with Crippen LogP contribution in [0.2, 0.25) is 5.02 Å². The first-order valence-electron chi connectivity index (χ1n) is 7.16. The third kappa shape index (κ3) is 3.09. The summed E-state index contributed by atoms with van der Waals surface area (Å²) in [4.78, 5) is 4.45. The minimum Gasteiger partial charge on any atom is -0.329 e. The minimum absolute atomic E-state index is 0.214. The number of likely N-dealkylation sites (N-methyl/N-ethyl adjacent to an activating group) is 1. The third-order valence-corrected chi connectivity index (χ3v) is 3.84. The number of benzene rings is 2. The summed E-state index contributed by atoms with van der Waals surface area (Å²) in [5.41, 5.74) is 3.38. The maximum atomic E-state index is 6.12. The van der Waals surface area contributed by atoms with Gasteiger partial charge in [-0.15, -0.1) is 0 Å². The molecule has 3 rings (SSSR count). The summed E-state index contributed by atoms with van der Waals surface area (Å²) in [5.74, 6) is 0. The van der Waals surface area contributed by atoms with Gasteiger partial charge in [-0.25, -0.2) is 4.98 Å². The molecule has 3 aromatic rings. The Labute approximate surface area is 129 Å². The average molecular weight is 300 g/mol. The lowest BCUT2D eigenvalue weighted by molar-refractivity contribution is 0.481. The summed E-state index contributed by atoms with van der Waals surface area (Å²) in [6.45, 7) is 3.85. The zero-order valence-corrected chi connectivity index (χ0v) is 12.7. The van der Waals surface area contributed by atoms with E-state index in [2.05, 4.69) is 33.9 Å². The average Bonchev–Trinajstić information content (AvgIpc) is 2.90.